The van der Waals surface area contributed by atoms with E-state index in [9.17, 15) is 9.59 Å². The molecule has 4 nitrogen and oxygen atoms in total. The molecule has 0 aromatic rings. The summed E-state index contributed by atoms with van der Waals surface area (Å²) in [6, 6.07) is 0. The van der Waals surface area contributed by atoms with Gasteiger partial charge in [0.2, 0.25) is 0 Å². The van der Waals surface area contributed by atoms with Crippen molar-refractivity contribution in [1.29, 1.82) is 0 Å². The van der Waals surface area contributed by atoms with Crippen LogP contribution in [0.4, 0.5) is 0 Å². The molecule has 18 heavy (non-hydrogen) atoms. The molecule has 0 N–H and O–H groups in total. The molecule has 0 saturated heterocycles. The zero-order valence-corrected chi connectivity index (χ0v) is 11.4. The molecule has 0 saturated carbocycles. The Kier molecular flexibility index (Phi) is 7.20. The van der Waals surface area contributed by atoms with E-state index in [0.29, 0.717) is 13.2 Å². The predicted molar refractivity (Wildman–Crippen MR) is 70.1 cm³/mol. The highest BCUT2D eigenvalue weighted by Gasteiger charge is 2.21. The van der Waals surface area contributed by atoms with Crippen molar-refractivity contribution in [1.82, 2.24) is 0 Å². The molecule has 0 rings (SSSR count). The van der Waals surface area contributed by atoms with Crippen LogP contribution in [-0.4, -0.2) is 31.6 Å². The van der Waals surface area contributed by atoms with Crippen LogP contribution in [0.1, 0.15) is 20.8 Å². The molecular weight excluding hydrogens is 232 g/mol. The zero-order valence-electron chi connectivity index (χ0n) is 11.4. The van der Waals surface area contributed by atoms with E-state index in [4.69, 9.17) is 9.47 Å². The van der Waals surface area contributed by atoms with Crippen LogP contribution in [0.5, 0.6) is 0 Å². The number of rotatable bonds is 9. The second-order valence-corrected chi connectivity index (χ2v) is 5.00. The van der Waals surface area contributed by atoms with Gasteiger partial charge in [-0.1, -0.05) is 33.9 Å². The molecule has 1 atom stereocenters. The van der Waals surface area contributed by atoms with E-state index in [1.54, 1.807) is 6.92 Å². The summed E-state index contributed by atoms with van der Waals surface area (Å²) < 4.78 is 10.4. The van der Waals surface area contributed by atoms with Gasteiger partial charge >= 0.3 is 5.97 Å². The average molecular weight is 254 g/mol. The first kappa shape index (κ1) is 16.6. The lowest BCUT2D eigenvalue weighted by Gasteiger charge is -2.24. The molecule has 1 unspecified atom stereocenters. The second-order valence-electron chi connectivity index (χ2n) is 5.00. The molecule has 0 aliphatic carbocycles. The molecule has 0 aromatic carbocycles. The van der Waals surface area contributed by atoms with Crippen LogP contribution in [0.15, 0.2) is 25.3 Å². The third-order valence-electron chi connectivity index (χ3n) is 2.32. The third kappa shape index (κ3) is 7.01. The summed E-state index contributed by atoms with van der Waals surface area (Å²) in [6.07, 6.45) is 2.42. The number of hydrogen-bond donors (Lipinski definition) is 0. The van der Waals surface area contributed by atoms with Gasteiger partial charge in [0.15, 0.2) is 5.78 Å². The summed E-state index contributed by atoms with van der Waals surface area (Å²) in [6.45, 7) is 13.4. The minimum atomic E-state index is -0.446. The molecule has 0 fully saturated rings. The Labute approximate surface area is 109 Å². The maximum absolute atomic E-state index is 11.2. The summed E-state index contributed by atoms with van der Waals surface area (Å²) >= 11 is 0. The first-order chi connectivity index (χ1) is 8.32. The number of ether oxygens (including phenoxy) is 2. The standard InChI is InChI=1S/C14H22O4/c1-6-12(15)11(3)8-17-9-14(4,5)10-18-13(16)7-2/h6-7,11H,1-2,8-10H2,3-5H3. The maximum Gasteiger partial charge on any atom is 0.330 e. The Morgan fingerprint density at radius 1 is 1.22 bits per heavy atom. The summed E-state index contributed by atoms with van der Waals surface area (Å²) in [5.41, 5.74) is -0.296. The number of hydrogen-bond acceptors (Lipinski definition) is 4. The van der Waals surface area contributed by atoms with Gasteiger partial charge in [0, 0.05) is 17.4 Å². The molecule has 0 radical (unpaired) electrons. The molecule has 0 amide bonds. The van der Waals surface area contributed by atoms with Crippen molar-refractivity contribution in [3.8, 4) is 0 Å². The smallest absolute Gasteiger partial charge is 0.330 e. The van der Waals surface area contributed by atoms with Gasteiger partial charge in [-0.25, -0.2) is 4.79 Å². The largest absolute Gasteiger partial charge is 0.462 e. The zero-order chi connectivity index (χ0) is 14.2. The van der Waals surface area contributed by atoms with Crippen LogP contribution >= 0.6 is 0 Å². The van der Waals surface area contributed by atoms with E-state index in [1.807, 2.05) is 13.8 Å². The first-order valence-electron chi connectivity index (χ1n) is 5.85. The minimum absolute atomic E-state index is 0.0362. The van der Waals surface area contributed by atoms with E-state index in [1.165, 1.54) is 6.08 Å². The Balaban J connectivity index is 3.96. The van der Waals surface area contributed by atoms with E-state index in [2.05, 4.69) is 13.2 Å². The van der Waals surface area contributed by atoms with Crippen molar-refractivity contribution in [2.45, 2.75) is 20.8 Å². The highest BCUT2D eigenvalue weighted by molar-refractivity contribution is 5.90. The molecule has 4 heteroatoms. The summed E-state index contributed by atoms with van der Waals surface area (Å²) in [5.74, 6) is -0.682. The number of ketones is 1. The van der Waals surface area contributed by atoms with Crippen LogP contribution in [0.25, 0.3) is 0 Å². The quantitative estimate of drug-likeness (QED) is 0.467. The van der Waals surface area contributed by atoms with E-state index >= 15 is 0 Å². The Bertz CT molecular complexity index is 318. The Hall–Kier alpha value is -1.42. The maximum atomic E-state index is 11.2. The molecule has 0 aliphatic heterocycles. The van der Waals surface area contributed by atoms with Gasteiger partial charge < -0.3 is 9.47 Å². The average Bonchev–Trinajstić information content (AvgIpc) is 2.34. The van der Waals surface area contributed by atoms with Gasteiger partial charge in [0.05, 0.1) is 19.8 Å². The van der Waals surface area contributed by atoms with Crippen LogP contribution in [-0.2, 0) is 19.1 Å². The number of esters is 1. The SMILES string of the molecule is C=CC(=O)OCC(C)(C)COCC(C)C(=O)C=C. The Morgan fingerprint density at radius 2 is 1.83 bits per heavy atom. The molecule has 0 aliphatic rings. The molecule has 0 heterocycles. The van der Waals surface area contributed by atoms with E-state index in [-0.39, 0.29) is 23.7 Å². The van der Waals surface area contributed by atoms with Gasteiger partial charge in [0.25, 0.3) is 0 Å². The van der Waals surface area contributed by atoms with E-state index in [0.717, 1.165) is 6.08 Å². The summed E-state index contributed by atoms with van der Waals surface area (Å²) in [7, 11) is 0. The lowest BCUT2D eigenvalue weighted by atomic mass is 9.96. The van der Waals surface area contributed by atoms with Crippen LogP contribution < -0.4 is 0 Å². The minimum Gasteiger partial charge on any atom is -0.462 e. The highest BCUT2D eigenvalue weighted by Crippen LogP contribution is 2.16. The number of carbonyl (C=O) groups excluding carboxylic acids is 2. The topological polar surface area (TPSA) is 52.6 Å². The van der Waals surface area contributed by atoms with Crippen molar-refractivity contribution in [3.05, 3.63) is 25.3 Å². The normalized spacial score (nSPS) is 12.6. The van der Waals surface area contributed by atoms with Crippen molar-refractivity contribution < 1.29 is 19.1 Å². The number of allylic oxidation sites excluding steroid dienone is 1. The monoisotopic (exact) mass is 254 g/mol. The second kappa shape index (κ2) is 7.82. The van der Waals surface area contributed by atoms with Crippen molar-refractivity contribution >= 4 is 11.8 Å². The van der Waals surface area contributed by atoms with Crippen LogP contribution in [0, 0.1) is 11.3 Å². The first-order valence-corrected chi connectivity index (χ1v) is 5.85. The van der Waals surface area contributed by atoms with Gasteiger partial charge in [-0.2, -0.15) is 0 Å². The van der Waals surface area contributed by atoms with Gasteiger partial charge in [-0.3, -0.25) is 4.79 Å². The van der Waals surface area contributed by atoms with Crippen molar-refractivity contribution in [2.24, 2.45) is 11.3 Å². The molecule has 102 valence electrons. The lowest BCUT2D eigenvalue weighted by molar-refractivity contribution is -0.142. The van der Waals surface area contributed by atoms with Gasteiger partial charge in [0.1, 0.15) is 0 Å². The van der Waals surface area contributed by atoms with Crippen LogP contribution in [0.2, 0.25) is 0 Å². The van der Waals surface area contributed by atoms with Crippen molar-refractivity contribution in [2.75, 3.05) is 19.8 Å². The predicted octanol–water partition coefficient (Wildman–Crippen LogP) is 2.15. The molecule has 0 bridgehead atoms. The summed E-state index contributed by atoms with van der Waals surface area (Å²) in [5, 5.41) is 0. The lowest BCUT2D eigenvalue weighted by Crippen LogP contribution is -2.28. The highest BCUT2D eigenvalue weighted by atomic mass is 16.5. The number of carbonyl (C=O) groups is 2. The molecule has 0 spiro atoms. The van der Waals surface area contributed by atoms with E-state index < -0.39 is 5.97 Å². The van der Waals surface area contributed by atoms with Crippen LogP contribution in [0.3, 0.4) is 0 Å². The summed E-state index contributed by atoms with van der Waals surface area (Å²) in [4.78, 5) is 22.2. The molecule has 0 aromatic heterocycles. The Morgan fingerprint density at radius 3 is 2.33 bits per heavy atom. The van der Waals surface area contributed by atoms with Gasteiger partial charge in [-0.15, -0.1) is 0 Å². The fourth-order valence-corrected chi connectivity index (χ4v) is 1.16. The molecular formula is C14H22O4. The third-order valence-corrected chi connectivity index (χ3v) is 2.32. The van der Waals surface area contributed by atoms with Crippen molar-refractivity contribution in [3.63, 3.8) is 0 Å². The fourth-order valence-electron chi connectivity index (χ4n) is 1.16. The fraction of sp³-hybridized carbons (Fsp3) is 0.571. The van der Waals surface area contributed by atoms with Gasteiger partial charge in [-0.05, 0) is 6.08 Å².